The first-order valence-corrected chi connectivity index (χ1v) is 7.59. The van der Waals surface area contributed by atoms with Gasteiger partial charge in [-0.3, -0.25) is 14.7 Å². The summed E-state index contributed by atoms with van der Waals surface area (Å²) in [7, 11) is 4.19. The third-order valence-corrected chi connectivity index (χ3v) is 4.10. The first kappa shape index (κ1) is 15.9. The third kappa shape index (κ3) is 4.02. The smallest absolute Gasteiger partial charge is 0.255 e. The second kappa shape index (κ2) is 7.00. The normalized spacial score (nSPS) is 23.6. The van der Waals surface area contributed by atoms with Crippen LogP contribution in [0.2, 0.25) is 0 Å². The van der Waals surface area contributed by atoms with Crippen LogP contribution in [0.3, 0.4) is 0 Å². The summed E-state index contributed by atoms with van der Waals surface area (Å²) in [5.74, 6) is 0.0917. The molecule has 0 aliphatic carbocycles. The minimum absolute atomic E-state index is 0.0917. The van der Waals surface area contributed by atoms with Crippen molar-refractivity contribution in [2.45, 2.75) is 25.9 Å². The first-order chi connectivity index (χ1) is 9.99. The molecule has 116 valence electrons. The second-order valence-electron chi connectivity index (χ2n) is 6.19. The summed E-state index contributed by atoms with van der Waals surface area (Å²) in [5, 5.41) is 0. The SMILES string of the molecule is CC1CN(C(=O)c2cccnc2)CC(C)N1CCN(C)C. The van der Waals surface area contributed by atoms with Crippen LogP contribution in [0.15, 0.2) is 24.5 Å². The van der Waals surface area contributed by atoms with E-state index in [1.165, 1.54) is 0 Å². The zero-order valence-electron chi connectivity index (χ0n) is 13.5. The third-order valence-electron chi connectivity index (χ3n) is 4.10. The van der Waals surface area contributed by atoms with Gasteiger partial charge in [0.2, 0.25) is 0 Å². The van der Waals surface area contributed by atoms with Crippen LogP contribution < -0.4 is 0 Å². The topological polar surface area (TPSA) is 39.7 Å². The largest absolute Gasteiger partial charge is 0.335 e. The lowest BCUT2D eigenvalue weighted by atomic mass is 10.1. The van der Waals surface area contributed by atoms with E-state index in [1.54, 1.807) is 12.4 Å². The van der Waals surface area contributed by atoms with Gasteiger partial charge in [-0.25, -0.2) is 0 Å². The molecule has 1 aromatic heterocycles. The Hall–Kier alpha value is -1.46. The van der Waals surface area contributed by atoms with Gasteiger partial charge in [0.1, 0.15) is 0 Å². The number of carbonyl (C=O) groups is 1. The predicted molar refractivity (Wildman–Crippen MR) is 84.3 cm³/mol. The van der Waals surface area contributed by atoms with Crippen LogP contribution in [0.4, 0.5) is 0 Å². The minimum Gasteiger partial charge on any atom is -0.335 e. The van der Waals surface area contributed by atoms with E-state index >= 15 is 0 Å². The van der Waals surface area contributed by atoms with Gasteiger partial charge in [-0.1, -0.05) is 0 Å². The highest BCUT2D eigenvalue weighted by Crippen LogP contribution is 2.17. The van der Waals surface area contributed by atoms with E-state index in [-0.39, 0.29) is 5.91 Å². The molecule has 0 aromatic carbocycles. The van der Waals surface area contributed by atoms with Gasteiger partial charge in [0.15, 0.2) is 0 Å². The molecule has 1 amide bonds. The molecule has 1 aliphatic rings. The zero-order valence-corrected chi connectivity index (χ0v) is 13.5. The van der Waals surface area contributed by atoms with Crippen molar-refractivity contribution in [2.24, 2.45) is 0 Å². The molecular formula is C16H26N4O. The van der Waals surface area contributed by atoms with Gasteiger partial charge in [0.25, 0.3) is 5.91 Å². The Morgan fingerprint density at radius 2 is 2.00 bits per heavy atom. The molecule has 0 saturated carbocycles. The van der Waals surface area contributed by atoms with Gasteiger partial charge >= 0.3 is 0 Å². The van der Waals surface area contributed by atoms with E-state index in [2.05, 4.69) is 42.7 Å². The molecule has 1 aromatic rings. The van der Waals surface area contributed by atoms with Crippen LogP contribution in [0.1, 0.15) is 24.2 Å². The maximum atomic E-state index is 12.5. The Balaban J connectivity index is 1.99. The van der Waals surface area contributed by atoms with Gasteiger partial charge in [-0.05, 0) is 40.1 Å². The second-order valence-corrected chi connectivity index (χ2v) is 6.19. The van der Waals surface area contributed by atoms with Gasteiger partial charge < -0.3 is 9.80 Å². The molecule has 5 nitrogen and oxygen atoms in total. The van der Waals surface area contributed by atoms with Crippen molar-refractivity contribution in [2.75, 3.05) is 40.3 Å². The lowest BCUT2D eigenvalue weighted by molar-refractivity contribution is 0.0282. The Morgan fingerprint density at radius 1 is 1.33 bits per heavy atom. The summed E-state index contributed by atoms with van der Waals surface area (Å²) in [6.07, 6.45) is 3.34. The molecular weight excluding hydrogens is 264 g/mol. The van der Waals surface area contributed by atoms with Crippen molar-refractivity contribution in [1.29, 1.82) is 0 Å². The van der Waals surface area contributed by atoms with Crippen LogP contribution in [-0.4, -0.2) is 77.9 Å². The Morgan fingerprint density at radius 3 is 2.52 bits per heavy atom. The van der Waals surface area contributed by atoms with Crippen LogP contribution in [0, 0.1) is 0 Å². The lowest BCUT2D eigenvalue weighted by Crippen LogP contribution is -2.59. The number of amides is 1. The van der Waals surface area contributed by atoms with Gasteiger partial charge in [-0.15, -0.1) is 0 Å². The number of hydrogen-bond acceptors (Lipinski definition) is 4. The number of nitrogens with zero attached hydrogens (tertiary/aromatic N) is 4. The molecule has 2 rings (SSSR count). The summed E-state index contributed by atoms with van der Waals surface area (Å²) in [4.78, 5) is 23.2. The molecule has 0 bridgehead atoms. The van der Waals surface area contributed by atoms with Crippen LogP contribution in [0.5, 0.6) is 0 Å². The number of pyridine rings is 1. The van der Waals surface area contributed by atoms with E-state index in [0.717, 1.165) is 26.2 Å². The molecule has 5 heteroatoms. The van der Waals surface area contributed by atoms with Crippen molar-refractivity contribution in [3.8, 4) is 0 Å². The van der Waals surface area contributed by atoms with Gasteiger partial charge in [0, 0.05) is 50.7 Å². The number of piperazine rings is 1. The van der Waals surface area contributed by atoms with Crippen molar-refractivity contribution in [3.05, 3.63) is 30.1 Å². The van der Waals surface area contributed by atoms with E-state index in [9.17, 15) is 4.79 Å². The predicted octanol–water partition coefficient (Wildman–Crippen LogP) is 1.18. The fourth-order valence-electron chi connectivity index (χ4n) is 2.95. The van der Waals surface area contributed by atoms with E-state index in [1.807, 2.05) is 17.0 Å². The van der Waals surface area contributed by atoms with Crippen LogP contribution in [0.25, 0.3) is 0 Å². The quantitative estimate of drug-likeness (QED) is 0.835. The molecule has 0 radical (unpaired) electrons. The molecule has 2 atom stereocenters. The maximum absolute atomic E-state index is 12.5. The maximum Gasteiger partial charge on any atom is 0.255 e. The molecule has 2 heterocycles. The van der Waals surface area contributed by atoms with Crippen molar-refractivity contribution in [1.82, 2.24) is 19.7 Å². The average molecular weight is 290 g/mol. The Kier molecular flexibility index (Phi) is 5.31. The summed E-state index contributed by atoms with van der Waals surface area (Å²) in [5.41, 5.74) is 0.679. The molecule has 0 spiro atoms. The Bertz CT molecular complexity index is 451. The number of carbonyl (C=O) groups excluding carboxylic acids is 1. The monoisotopic (exact) mass is 290 g/mol. The number of likely N-dealkylation sites (N-methyl/N-ethyl adjacent to an activating group) is 1. The molecule has 1 fully saturated rings. The molecule has 2 unspecified atom stereocenters. The lowest BCUT2D eigenvalue weighted by Gasteiger charge is -2.44. The summed E-state index contributed by atoms with van der Waals surface area (Å²) in [6.45, 7) is 8.07. The highest BCUT2D eigenvalue weighted by atomic mass is 16.2. The van der Waals surface area contributed by atoms with Crippen LogP contribution >= 0.6 is 0 Å². The highest BCUT2D eigenvalue weighted by molar-refractivity contribution is 5.94. The molecule has 1 aliphatic heterocycles. The summed E-state index contributed by atoms with van der Waals surface area (Å²) >= 11 is 0. The summed E-state index contributed by atoms with van der Waals surface area (Å²) < 4.78 is 0. The fraction of sp³-hybridized carbons (Fsp3) is 0.625. The molecule has 21 heavy (non-hydrogen) atoms. The molecule has 1 saturated heterocycles. The number of rotatable bonds is 4. The standard InChI is InChI=1S/C16H26N4O/c1-13-11-19(16(21)15-6-5-7-17-10-15)12-14(2)20(13)9-8-18(3)4/h5-7,10,13-14H,8-9,11-12H2,1-4H3. The summed E-state index contributed by atoms with van der Waals surface area (Å²) in [6, 6.07) is 4.42. The first-order valence-electron chi connectivity index (χ1n) is 7.59. The fourth-order valence-corrected chi connectivity index (χ4v) is 2.95. The van der Waals surface area contributed by atoms with E-state index in [4.69, 9.17) is 0 Å². The van der Waals surface area contributed by atoms with Gasteiger partial charge in [-0.2, -0.15) is 0 Å². The Labute approximate surface area is 127 Å². The van der Waals surface area contributed by atoms with Crippen molar-refractivity contribution in [3.63, 3.8) is 0 Å². The van der Waals surface area contributed by atoms with Gasteiger partial charge in [0.05, 0.1) is 5.56 Å². The number of aromatic nitrogens is 1. The average Bonchev–Trinajstić information content (AvgIpc) is 2.46. The number of hydrogen-bond donors (Lipinski definition) is 0. The zero-order chi connectivity index (χ0) is 15.4. The highest BCUT2D eigenvalue weighted by Gasteiger charge is 2.31. The van der Waals surface area contributed by atoms with Crippen molar-refractivity contribution >= 4 is 5.91 Å². The van der Waals surface area contributed by atoms with Crippen LogP contribution in [-0.2, 0) is 0 Å². The van der Waals surface area contributed by atoms with Crippen molar-refractivity contribution < 1.29 is 4.79 Å². The minimum atomic E-state index is 0.0917. The molecule has 0 N–H and O–H groups in total. The van der Waals surface area contributed by atoms with E-state index < -0.39 is 0 Å². The van der Waals surface area contributed by atoms with E-state index in [0.29, 0.717) is 17.6 Å².